The lowest BCUT2D eigenvalue weighted by Crippen LogP contribution is -2.42. The first kappa shape index (κ1) is 14.4. The number of nitrogens with zero attached hydrogens (tertiary/aromatic N) is 1. The van der Waals surface area contributed by atoms with Gasteiger partial charge in [0.1, 0.15) is 0 Å². The summed E-state index contributed by atoms with van der Waals surface area (Å²) in [5.41, 5.74) is 8.79. The summed E-state index contributed by atoms with van der Waals surface area (Å²) in [6.45, 7) is 4.50. The fourth-order valence-electron chi connectivity index (χ4n) is 4.00. The Morgan fingerprint density at radius 3 is 2.70 bits per heavy atom. The van der Waals surface area contributed by atoms with Crippen molar-refractivity contribution in [2.75, 3.05) is 18.0 Å². The number of rotatable bonds is 2. The standard InChI is InChI=1S/C17H25BrN2/c1-12(19)16-7-6-15(18)10-17(16)20-9-8-13-4-2-3-5-14(13)11-20/h6-7,10,12-14H,2-5,8-9,11,19H2,1H3. The smallest absolute Gasteiger partial charge is 0.0425 e. The average molecular weight is 337 g/mol. The molecular formula is C17H25BrN2. The van der Waals surface area contributed by atoms with Crippen LogP contribution in [0.15, 0.2) is 22.7 Å². The molecule has 3 heteroatoms. The number of anilines is 1. The zero-order chi connectivity index (χ0) is 14.1. The lowest BCUT2D eigenvalue weighted by molar-refractivity contribution is 0.202. The molecule has 1 aliphatic heterocycles. The van der Waals surface area contributed by atoms with Crippen molar-refractivity contribution < 1.29 is 0 Å². The van der Waals surface area contributed by atoms with Crippen LogP contribution in [0.1, 0.15) is 50.6 Å². The van der Waals surface area contributed by atoms with Crippen LogP contribution in [0.4, 0.5) is 5.69 Å². The molecule has 0 radical (unpaired) electrons. The van der Waals surface area contributed by atoms with Crippen molar-refractivity contribution in [3.63, 3.8) is 0 Å². The lowest BCUT2D eigenvalue weighted by atomic mass is 9.75. The molecule has 0 aromatic heterocycles. The van der Waals surface area contributed by atoms with Crippen LogP contribution in [0.5, 0.6) is 0 Å². The molecular weight excluding hydrogens is 312 g/mol. The normalized spacial score (nSPS) is 28.1. The lowest BCUT2D eigenvalue weighted by Gasteiger charge is -2.43. The van der Waals surface area contributed by atoms with Gasteiger partial charge in [0, 0.05) is 29.3 Å². The van der Waals surface area contributed by atoms with Gasteiger partial charge in [0.25, 0.3) is 0 Å². The molecule has 2 nitrogen and oxygen atoms in total. The summed E-state index contributed by atoms with van der Waals surface area (Å²) in [5.74, 6) is 1.88. The van der Waals surface area contributed by atoms with Crippen LogP contribution in [0.2, 0.25) is 0 Å². The highest BCUT2D eigenvalue weighted by Gasteiger charge is 2.31. The van der Waals surface area contributed by atoms with E-state index in [1.807, 2.05) is 0 Å². The molecule has 0 bridgehead atoms. The molecule has 20 heavy (non-hydrogen) atoms. The maximum absolute atomic E-state index is 6.16. The summed E-state index contributed by atoms with van der Waals surface area (Å²) in [5, 5.41) is 0. The molecule has 1 aromatic carbocycles. The number of piperidine rings is 1. The fourth-order valence-corrected chi connectivity index (χ4v) is 4.34. The quantitative estimate of drug-likeness (QED) is 0.862. The van der Waals surface area contributed by atoms with E-state index in [9.17, 15) is 0 Å². The molecule has 3 atom stereocenters. The van der Waals surface area contributed by atoms with Crippen molar-refractivity contribution in [2.24, 2.45) is 17.6 Å². The van der Waals surface area contributed by atoms with E-state index < -0.39 is 0 Å². The summed E-state index contributed by atoms with van der Waals surface area (Å²) in [6.07, 6.45) is 7.10. The first-order valence-electron chi connectivity index (χ1n) is 7.95. The van der Waals surface area contributed by atoms with Crippen molar-refractivity contribution in [3.8, 4) is 0 Å². The summed E-state index contributed by atoms with van der Waals surface area (Å²) in [6, 6.07) is 6.64. The molecule has 1 saturated heterocycles. The Bertz CT molecular complexity index is 472. The number of halogens is 1. The second-order valence-electron chi connectivity index (χ2n) is 6.53. The van der Waals surface area contributed by atoms with E-state index in [0.29, 0.717) is 0 Å². The Kier molecular flexibility index (Phi) is 4.37. The molecule has 2 N–H and O–H groups in total. The summed E-state index contributed by atoms with van der Waals surface area (Å²) in [4.78, 5) is 2.58. The minimum Gasteiger partial charge on any atom is -0.371 e. The van der Waals surface area contributed by atoms with E-state index in [-0.39, 0.29) is 6.04 Å². The molecule has 1 saturated carbocycles. The van der Waals surface area contributed by atoms with Crippen LogP contribution in [-0.2, 0) is 0 Å². The summed E-state index contributed by atoms with van der Waals surface area (Å²) in [7, 11) is 0. The third-order valence-corrected chi connectivity index (χ3v) is 5.61. The Morgan fingerprint density at radius 2 is 1.95 bits per heavy atom. The molecule has 2 fully saturated rings. The van der Waals surface area contributed by atoms with Gasteiger partial charge in [-0.2, -0.15) is 0 Å². The molecule has 0 spiro atoms. The van der Waals surface area contributed by atoms with Crippen molar-refractivity contribution in [1.82, 2.24) is 0 Å². The molecule has 3 rings (SSSR count). The predicted molar refractivity (Wildman–Crippen MR) is 89.0 cm³/mol. The Balaban J connectivity index is 1.84. The highest BCUT2D eigenvalue weighted by molar-refractivity contribution is 9.10. The number of benzene rings is 1. The summed E-state index contributed by atoms with van der Waals surface area (Å²) >= 11 is 3.61. The van der Waals surface area contributed by atoms with E-state index in [0.717, 1.165) is 16.3 Å². The largest absolute Gasteiger partial charge is 0.371 e. The van der Waals surface area contributed by atoms with Gasteiger partial charge >= 0.3 is 0 Å². The monoisotopic (exact) mass is 336 g/mol. The number of hydrogen-bond acceptors (Lipinski definition) is 2. The highest BCUT2D eigenvalue weighted by atomic mass is 79.9. The van der Waals surface area contributed by atoms with Crippen molar-refractivity contribution >= 4 is 21.6 Å². The van der Waals surface area contributed by atoms with Gasteiger partial charge in [-0.15, -0.1) is 0 Å². The van der Waals surface area contributed by atoms with Crippen LogP contribution in [0.3, 0.4) is 0 Å². The topological polar surface area (TPSA) is 29.3 Å². The zero-order valence-electron chi connectivity index (χ0n) is 12.3. The number of hydrogen-bond donors (Lipinski definition) is 1. The molecule has 1 aromatic rings. The number of fused-ring (bicyclic) bond motifs is 1. The highest BCUT2D eigenvalue weighted by Crippen LogP contribution is 2.39. The van der Waals surface area contributed by atoms with Crippen LogP contribution >= 0.6 is 15.9 Å². The van der Waals surface area contributed by atoms with E-state index in [1.165, 1.54) is 56.4 Å². The van der Waals surface area contributed by atoms with Gasteiger partial charge in [-0.1, -0.05) is 41.3 Å². The van der Waals surface area contributed by atoms with Crippen molar-refractivity contribution in [3.05, 3.63) is 28.2 Å². The molecule has 2 aliphatic rings. The number of nitrogens with two attached hydrogens (primary N) is 1. The van der Waals surface area contributed by atoms with E-state index in [1.54, 1.807) is 0 Å². The van der Waals surface area contributed by atoms with E-state index in [4.69, 9.17) is 5.73 Å². The van der Waals surface area contributed by atoms with Gasteiger partial charge < -0.3 is 10.6 Å². The first-order valence-corrected chi connectivity index (χ1v) is 8.74. The maximum atomic E-state index is 6.16. The van der Waals surface area contributed by atoms with Crippen LogP contribution < -0.4 is 10.6 Å². The second kappa shape index (κ2) is 6.07. The van der Waals surface area contributed by atoms with Gasteiger partial charge in [0.05, 0.1) is 0 Å². The first-order chi connectivity index (χ1) is 9.65. The predicted octanol–water partition coefficient (Wildman–Crippen LogP) is 4.49. The van der Waals surface area contributed by atoms with Gasteiger partial charge in [0.2, 0.25) is 0 Å². The SMILES string of the molecule is CC(N)c1ccc(Br)cc1N1CCC2CCCCC2C1. The second-order valence-corrected chi connectivity index (χ2v) is 7.45. The van der Waals surface area contributed by atoms with Crippen molar-refractivity contribution in [1.29, 1.82) is 0 Å². The van der Waals surface area contributed by atoms with Gasteiger partial charge in [-0.25, -0.2) is 0 Å². The Morgan fingerprint density at radius 1 is 1.20 bits per heavy atom. The van der Waals surface area contributed by atoms with Crippen molar-refractivity contribution in [2.45, 2.75) is 45.1 Å². The third-order valence-electron chi connectivity index (χ3n) is 5.11. The minimum absolute atomic E-state index is 0.0992. The Hall–Kier alpha value is -0.540. The Labute approximate surface area is 130 Å². The molecule has 1 aliphatic carbocycles. The minimum atomic E-state index is 0.0992. The van der Waals surface area contributed by atoms with Crippen LogP contribution in [0, 0.1) is 11.8 Å². The molecule has 1 heterocycles. The molecule has 0 amide bonds. The molecule has 110 valence electrons. The van der Waals surface area contributed by atoms with E-state index >= 15 is 0 Å². The van der Waals surface area contributed by atoms with Crippen LogP contribution in [0.25, 0.3) is 0 Å². The van der Waals surface area contributed by atoms with Crippen LogP contribution in [-0.4, -0.2) is 13.1 Å². The zero-order valence-corrected chi connectivity index (χ0v) is 13.9. The molecule has 3 unspecified atom stereocenters. The van der Waals surface area contributed by atoms with Gasteiger partial charge in [0.15, 0.2) is 0 Å². The average Bonchev–Trinajstić information content (AvgIpc) is 2.46. The maximum Gasteiger partial charge on any atom is 0.0425 e. The fraction of sp³-hybridized carbons (Fsp3) is 0.647. The van der Waals surface area contributed by atoms with E-state index in [2.05, 4.69) is 46.0 Å². The van der Waals surface area contributed by atoms with Gasteiger partial charge in [-0.05, 0) is 49.3 Å². The third kappa shape index (κ3) is 2.89. The summed E-state index contributed by atoms with van der Waals surface area (Å²) < 4.78 is 1.16. The van der Waals surface area contributed by atoms with Gasteiger partial charge in [-0.3, -0.25) is 0 Å².